The highest BCUT2D eigenvalue weighted by atomic mass is 32.1. The molecule has 0 aliphatic heterocycles. The summed E-state index contributed by atoms with van der Waals surface area (Å²) < 4.78 is 6.98. The fraction of sp³-hybridized carbons (Fsp3) is 0.533. The normalized spacial score (nSPS) is 17.0. The Morgan fingerprint density at radius 1 is 1.52 bits per heavy atom. The first-order valence-corrected chi connectivity index (χ1v) is 8.14. The van der Waals surface area contributed by atoms with E-state index in [-0.39, 0.29) is 11.9 Å². The molecular formula is C15H19N3O2S. The van der Waals surface area contributed by atoms with Crippen molar-refractivity contribution >= 4 is 17.3 Å². The maximum Gasteiger partial charge on any atom is 0.315 e. The van der Waals surface area contributed by atoms with Crippen LogP contribution in [0.15, 0.2) is 6.20 Å². The zero-order chi connectivity index (χ0) is 15.0. The van der Waals surface area contributed by atoms with Crippen molar-refractivity contribution in [2.24, 2.45) is 7.05 Å². The first-order chi connectivity index (χ1) is 10.1. The first-order valence-electron chi connectivity index (χ1n) is 7.33. The fourth-order valence-electron chi connectivity index (χ4n) is 2.79. The van der Waals surface area contributed by atoms with E-state index < -0.39 is 0 Å². The Morgan fingerprint density at radius 3 is 3.05 bits per heavy atom. The first kappa shape index (κ1) is 14.3. The van der Waals surface area contributed by atoms with Crippen LogP contribution in [0, 0.1) is 0 Å². The molecule has 0 saturated carbocycles. The number of nitrogens with zero attached hydrogens (tertiary/aromatic N) is 3. The quantitative estimate of drug-likeness (QED) is 0.815. The van der Waals surface area contributed by atoms with Gasteiger partial charge in [-0.3, -0.25) is 9.48 Å². The van der Waals surface area contributed by atoms with Gasteiger partial charge in [0.25, 0.3) is 0 Å². The van der Waals surface area contributed by atoms with Gasteiger partial charge in [-0.25, -0.2) is 4.98 Å². The van der Waals surface area contributed by atoms with Crippen LogP contribution >= 0.6 is 11.3 Å². The average Bonchev–Trinajstić information content (AvgIpc) is 3.10. The number of rotatable bonds is 4. The van der Waals surface area contributed by atoms with Gasteiger partial charge in [0.15, 0.2) is 0 Å². The third-order valence-corrected chi connectivity index (χ3v) is 4.92. The number of ether oxygens (including phenoxy) is 1. The fourth-order valence-corrected chi connectivity index (χ4v) is 3.96. The number of carbonyl (C=O) groups excluding carboxylic acids is 1. The summed E-state index contributed by atoms with van der Waals surface area (Å²) in [4.78, 5) is 18.0. The minimum atomic E-state index is -0.188. The minimum absolute atomic E-state index is 0.144. The standard InChI is InChI=1S/C15H19N3O2S/c1-4-11-10(8-18(3)17-11)14-16-13-9(15(19)20-5-2)6-7-12(13)21-14/h8-9H,4-7H2,1-3H3. The lowest BCUT2D eigenvalue weighted by Gasteiger charge is -2.07. The van der Waals surface area contributed by atoms with E-state index in [1.165, 1.54) is 4.88 Å². The molecule has 21 heavy (non-hydrogen) atoms. The van der Waals surface area contributed by atoms with Gasteiger partial charge in [0.05, 0.1) is 23.6 Å². The van der Waals surface area contributed by atoms with E-state index in [2.05, 4.69) is 12.0 Å². The van der Waals surface area contributed by atoms with Crippen molar-refractivity contribution in [3.05, 3.63) is 22.5 Å². The number of aromatic nitrogens is 3. The smallest absolute Gasteiger partial charge is 0.315 e. The maximum atomic E-state index is 12.0. The molecule has 1 aliphatic carbocycles. The van der Waals surface area contributed by atoms with Gasteiger partial charge in [-0.1, -0.05) is 6.92 Å². The van der Waals surface area contributed by atoms with Gasteiger partial charge < -0.3 is 4.74 Å². The van der Waals surface area contributed by atoms with E-state index in [4.69, 9.17) is 9.72 Å². The van der Waals surface area contributed by atoms with Crippen molar-refractivity contribution in [3.8, 4) is 10.6 Å². The Bertz CT molecular complexity index is 675. The lowest BCUT2D eigenvalue weighted by Crippen LogP contribution is -2.14. The highest BCUT2D eigenvalue weighted by Crippen LogP contribution is 2.40. The molecule has 2 aromatic rings. The zero-order valence-electron chi connectivity index (χ0n) is 12.5. The summed E-state index contributed by atoms with van der Waals surface area (Å²) in [5.74, 6) is -0.332. The maximum absolute atomic E-state index is 12.0. The number of hydrogen-bond donors (Lipinski definition) is 0. The number of fused-ring (bicyclic) bond motifs is 1. The lowest BCUT2D eigenvalue weighted by molar-refractivity contribution is -0.145. The third-order valence-electron chi connectivity index (χ3n) is 3.76. The molecular weight excluding hydrogens is 286 g/mol. The number of thiazole rings is 1. The van der Waals surface area contributed by atoms with Gasteiger partial charge in [0, 0.05) is 18.1 Å². The van der Waals surface area contributed by atoms with Crippen molar-refractivity contribution < 1.29 is 9.53 Å². The molecule has 1 atom stereocenters. The van der Waals surface area contributed by atoms with Crippen LogP contribution in [0.4, 0.5) is 0 Å². The molecule has 0 fully saturated rings. The van der Waals surface area contributed by atoms with E-state index >= 15 is 0 Å². The third kappa shape index (κ3) is 2.48. The van der Waals surface area contributed by atoms with Crippen LogP contribution in [0.3, 0.4) is 0 Å². The van der Waals surface area contributed by atoms with E-state index in [9.17, 15) is 4.79 Å². The van der Waals surface area contributed by atoms with Crippen LogP contribution in [0.25, 0.3) is 10.6 Å². The monoisotopic (exact) mass is 305 g/mol. The van der Waals surface area contributed by atoms with E-state index in [0.717, 1.165) is 41.2 Å². The van der Waals surface area contributed by atoms with Crippen LogP contribution in [0.2, 0.25) is 0 Å². The number of hydrogen-bond acceptors (Lipinski definition) is 5. The van der Waals surface area contributed by atoms with Gasteiger partial charge >= 0.3 is 5.97 Å². The number of esters is 1. The highest BCUT2D eigenvalue weighted by molar-refractivity contribution is 7.15. The minimum Gasteiger partial charge on any atom is -0.465 e. The Balaban J connectivity index is 1.94. The largest absolute Gasteiger partial charge is 0.465 e. The summed E-state index contributed by atoms with van der Waals surface area (Å²) in [6, 6.07) is 0. The zero-order valence-corrected chi connectivity index (χ0v) is 13.4. The summed E-state index contributed by atoms with van der Waals surface area (Å²) in [5, 5.41) is 5.43. The molecule has 0 radical (unpaired) electrons. The second kappa shape index (κ2) is 5.60. The molecule has 0 aromatic carbocycles. The molecule has 0 N–H and O–H groups in total. The molecule has 5 nitrogen and oxygen atoms in total. The van der Waals surface area contributed by atoms with Crippen LogP contribution in [-0.2, 0) is 29.4 Å². The Labute approximate surface area is 128 Å². The summed E-state index contributed by atoms with van der Waals surface area (Å²) in [6.07, 6.45) is 4.62. The summed E-state index contributed by atoms with van der Waals surface area (Å²) in [6.45, 7) is 4.35. The van der Waals surface area contributed by atoms with Crippen molar-refractivity contribution in [3.63, 3.8) is 0 Å². The lowest BCUT2D eigenvalue weighted by atomic mass is 10.1. The van der Waals surface area contributed by atoms with Crippen molar-refractivity contribution in [1.82, 2.24) is 14.8 Å². The Morgan fingerprint density at radius 2 is 2.33 bits per heavy atom. The van der Waals surface area contributed by atoms with Gasteiger partial charge in [-0.15, -0.1) is 11.3 Å². The predicted molar refractivity (Wildman–Crippen MR) is 81.4 cm³/mol. The Kier molecular flexibility index (Phi) is 3.80. The van der Waals surface area contributed by atoms with Crippen LogP contribution in [-0.4, -0.2) is 27.3 Å². The molecule has 112 valence electrons. The van der Waals surface area contributed by atoms with E-state index in [1.807, 2.05) is 24.9 Å². The molecule has 0 spiro atoms. The van der Waals surface area contributed by atoms with Crippen LogP contribution < -0.4 is 0 Å². The van der Waals surface area contributed by atoms with Crippen molar-refractivity contribution in [1.29, 1.82) is 0 Å². The van der Waals surface area contributed by atoms with Crippen molar-refractivity contribution in [2.45, 2.75) is 39.0 Å². The SMILES string of the molecule is CCOC(=O)C1CCc2sc(-c3cn(C)nc3CC)nc21. The molecule has 2 heterocycles. The van der Waals surface area contributed by atoms with E-state index in [0.29, 0.717) is 6.61 Å². The van der Waals surface area contributed by atoms with E-state index in [1.54, 1.807) is 11.3 Å². The van der Waals surface area contributed by atoms with Gasteiger partial charge in [0.1, 0.15) is 10.9 Å². The number of aryl methyl sites for hydroxylation is 3. The molecule has 3 rings (SSSR count). The molecule has 2 aromatic heterocycles. The summed E-state index contributed by atoms with van der Waals surface area (Å²) in [5.41, 5.74) is 3.05. The molecule has 0 amide bonds. The van der Waals surface area contributed by atoms with Gasteiger partial charge in [-0.05, 0) is 26.2 Å². The summed E-state index contributed by atoms with van der Waals surface area (Å²) >= 11 is 1.68. The van der Waals surface area contributed by atoms with Gasteiger partial charge in [-0.2, -0.15) is 5.10 Å². The predicted octanol–water partition coefficient (Wildman–Crippen LogP) is 2.70. The number of carbonyl (C=O) groups is 1. The molecule has 1 unspecified atom stereocenters. The second-order valence-electron chi connectivity index (χ2n) is 5.19. The topological polar surface area (TPSA) is 57.0 Å². The van der Waals surface area contributed by atoms with Crippen LogP contribution in [0.1, 0.15) is 42.5 Å². The highest BCUT2D eigenvalue weighted by Gasteiger charge is 2.34. The second-order valence-corrected chi connectivity index (χ2v) is 6.27. The molecule has 1 aliphatic rings. The molecule has 0 saturated heterocycles. The molecule has 0 bridgehead atoms. The van der Waals surface area contributed by atoms with Crippen LogP contribution in [0.5, 0.6) is 0 Å². The summed E-state index contributed by atoms with van der Waals surface area (Å²) in [7, 11) is 1.92. The average molecular weight is 305 g/mol. The molecule has 6 heteroatoms. The van der Waals surface area contributed by atoms with Crippen molar-refractivity contribution in [2.75, 3.05) is 6.61 Å². The van der Waals surface area contributed by atoms with Gasteiger partial charge in [0.2, 0.25) is 0 Å². The Hall–Kier alpha value is -1.69.